The van der Waals surface area contributed by atoms with Gasteiger partial charge in [-0.2, -0.15) is 0 Å². The van der Waals surface area contributed by atoms with Crippen LogP contribution in [-0.4, -0.2) is 21.5 Å². The van der Waals surface area contributed by atoms with Crippen LogP contribution in [0.1, 0.15) is 37.0 Å². The van der Waals surface area contributed by atoms with Crippen molar-refractivity contribution in [3.63, 3.8) is 0 Å². The summed E-state index contributed by atoms with van der Waals surface area (Å²) in [5.74, 6) is -0.0245. The fourth-order valence-corrected chi connectivity index (χ4v) is 2.09. The zero-order valence-corrected chi connectivity index (χ0v) is 11.1. The van der Waals surface area contributed by atoms with Crippen molar-refractivity contribution in [2.75, 3.05) is 0 Å². The lowest BCUT2D eigenvalue weighted by molar-refractivity contribution is 0.0938. The maximum absolute atomic E-state index is 12.0. The topological polar surface area (TPSA) is 46.9 Å². The third-order valence-electron chi connectivity index (χ3n) is 3.09. The van der Waals surface area contributed by atoms with E-state index in [1.807, 2.05) is 36.7 Å². The number of carbonyl (C=O) groups is 1. The highest BCUT2D eigenvalue weighted by Gasteiger charge is 2.10. The Bertz CT molecular complexity index is 559. The van der Waals surface area contributed by atoms with Crippen molar-refractivity contribution < 1.29 is 4.79 Å². The number of aromatic nitrogens is 2. The molecule has 1 aromatic heterocycles. The monoisotopic (exact) mass is 245 g/mol. The van der Waals surface area contributed by atoms with Gasteiger partial charge < -0.3 is 9.88 Å². The molecule has 0 spiro atoms. The lowest BCUT2D eigenvalue weighted by atomic mass is 10.1. The quantitative estimate of drug-likeness (QED) is 0.899. The molecule has 4 nitrogen and oxygen atoms in total. The second-order valence-corrected chi connectivity index (χ2v) is 4.72. The summed E-state index contributed by atoms with van der Waals surface area (Å²) in [5.41, 5.74) is 2.56. The second kappa shape index (κ2) is 5.21. The maximum Gasteiger partial charge on any atom is 0.251 e. The number of amides is 1. The van der Waals surface area contributed by atoms with E-state index in [-0.39, 0.29) is 11.9 Å². The number of hydrogen-bond donors (Lipinski definition) is 1. The summed E-state index contributed by atoms with van der Waals surface area (Å²) in [6.45, 7) is 4.14. The zero-order chi connectivity index (χ0) is 13.1. The van der Waals surface area contributed by atoms with Crippen LogP contribution in [0.4, 0.5) is 0 Å². The van der Waals surface area contributed by atoms with Crippen LogP contribution in [0.15, 0.2) is 24.5 Å². The molecule has 0 aliphatic carbocycles. The Hall–Kier alpha value is -1.84. The van der Waals surface area contributed by atoms with Gasteiger partial charge in [-0.3, -0.25) is 4.79 Å². The first kappa shape index (κ1) is 12.6. The molecule has 1 atom stereocenters. The van der Waals surface area contributed by atoms with Gasteiger partial charge in [-0.1, -0.05) is 13.3 Å². The molecule has 0 fully saturated rings. The van der Waals surface area contributed by atoms with Crippen LogP contribution in [0.25, 0.3) is 11.0 Å². The minimum Gasteiger partial charge on any atom is -0.350 e. The number of imidazole rings is 1. The third kappa shape index (κ3) is 2.53. The summed E-state index contributed by atoms with van der Waals surface area (Å²) in [7, 11) is 1.94. The molecule has 0 aliphatic rings. The van der Waals surface area contributed by atoms with Crippen molar-refractivity contribution in [1.82, 2.24) is 14.9 Å². The predicted molar refractivity (Wildman–Crippen MR) is 72.6 cm³/mol. The van der Waals surface area contributed by atoms with Gasteiger partial charge in [0.25, 0.3) is 5.91 Å². The summed E-state index contributed by atoms with van der Waals surface area (Å²) >= 11 is 0. The molecule has 0 aliphatic heterocycles. The van der Waals surface area contributed by atoms with E-state index in [0.717, 1.165) is 23.9 Å². The molecule has 1 amide bonds. The largest absolute Gasteiger partial charge is 0.350 e. The molecule has 2 aromatic rings. The first-order valence-electron chi connectivity index (χ1n) is 6.33. The summed E-state index contributed by atoms with van der Waals surface area (Å²) in [4.78, 5) is 16.3. The van der Waals surface area contributed by atoms with Gasteiger partial charge in [-0.05, 0) is 31.5 Å². The van der Waals surface area contributed by atoms with Gasteiger partial charge in [0.1, 0.15) is 0 Å². The number of nitrogens with one attached hydrogen (secondary N) is 1. The Labute approximate surface area is 107 Å². The van der Waals surface area contributed by atoms with Crippen LogP contribution in [-0.2, 0) is 7.05 Å². The highest BCUT2D eigenvalue weighted by Crippen LogP contribution is 2.14. The maximum atomic E-state index is 12.0. The van der Waals surface area contributed by atoms with E-state index in [4.69, 9.17) is 0 Å². The number of rotatable bonds is 4. The molecular weight excluding hydrogens is 226 g/mol. The van der Waals surface area contributed by atoms with Crippen molar-refractivity contribution >= 4 is 16.9 Å². The van der Waals surface area contributed by atoms with Gasteiger partial charge in [-0.15, -0.1) is 0 Å². The predicted octanol–water partition coefficient (Wildman–Crippen LogP) is 2.49. The van der Waals surface area contributed by atoms with Crippen LogP contribution < -0.4 is 5.32 Å². The van der Waals surface area contributed by atoms with E-state index >= 15 is 0 Å². The number of aryl methyl sites for hydroxylation is 1. The number of benzene rings is 1. The van der Waals surface area contributed by atoms with Crippen LogP contribution in [0, 0.1) is 0 Å². The van der Waals surface area contributed by atoms with Crippen molar-refractivity contribution in [1.29, 1.82) is 0 Å². The molecule has 0 saturated carbocycles. The van der Waals surface area contributed by atoms with E-state index in [1.54, 1.807) is 6.33 Å². The average molecular weight is 245 g/mol. The van der Waals surface area contributed by atoms with E-state index in [1.165, 1.54) is 0 Å². The van der Waals surface area contributed by atoms with Crippen LogP contribution in [0.3, 0.4) is 0 Å². The fraction of sp³-hybridized carbons (Fsp3) is 0.429. The number of carbonyl (C=O) groups excluding carboxylic acids is 1. The van der Waals surface area contributed by atoms with Gasteiger partial charge in [0, 0.05) is 18.7 Å². The molecule has 2 rings (SSSR count). The van der Waals surface area contributed by atoms with E-state index in [2.05, 4.69) is 17.2 Å². The second-order valence-electron chi connectivity index (χ2n) is 4.72. The van der Waals surface area contributed by atoms with Gasteiger partial charge >= 0.3 is 0 Å². The molecular formula is C14H19N3O. The van der Waals surface area contributed by atoms with Gasteiger partial charge in [0.15, 0.2) is 0 Å². The molecule has 0 bridgehead atoms. The van der Waals surface area contributed by atoms with Crippen molar-refractivity contribution in [3.8, 4) is 0 Å². The summed E-state index contributed by atoms with van der Waals surface area (Å²) < 4.78 is 1.94. The van der Waals surface area contributed by atoms with E-state index in [0.29, 0.717) is 5.56 Å². The van der Waals surface area contributed by atoms with Crippen molar-refractivity contribution in [2.45, 2.75) is 32.7 Å². The lowest BCUT2D eigenvalue weighted by Crippen LogP contribution is -2.32. The first-order chi connectivity index (χ1) is 8.61. The first-order valence-corrected chi connectivity index (χ1v) is 6.33. The normalized spacial score (nSPS) is 12.6. The van der Waals surface area contributed by atoms with Crippen LogP contribution in [0.5, 0.6) is 0 Å². The third-order valence-corrected chi connectivity index (χ3v) is 3.09. The Morgan fingerprint density at radius 2 is 2.28 bits per heavy atom. The Morgan fingerprint density at radius 3 is 3.00 bits per heavy atom. The van der Waals surface area contributed by atoms with Crippen molar-refractivity contribution in [3.05, 3.63) is 30.1 Å². The molecule has 1 aromatic carbocycles. The van der Waals surface area contributed by atoms with Crippen molar-refractivity contribution in [2.24, 2.45) is 7.05 Å². The minimum absolute atomic E-state index is 0.0245. The summed E-state index contributed by atoms with van der Waals surface area (Å²) in [6, 6.07) is 5.82. The molecule has 1 unspecified atom stereocenters. The Morgan fingerprint density at radius 1 is 1.50 bits per heavy atom. The Balaban J connectivity index is 2.18. The molecule has 96 valence electrons. The standard InChI is InChI=1S/C14H19N3O/c1-4-5-10(2)16-14(18)11-6-7-13-12(8-11)15-9-17(13)3/h6-10H,4-5H2,1-3H3,(H,16,18). The molecule has 4 heteroatoms. The summed E-state index contributed by atoms with van der Waals surface area (Å²) in [5, 5.41) is 3.00. The number of fused-ring (bicyclic) bond motifs is 1. The highest BCUT2D eigenvalue weighted by molar-refractivity contribution is 5.97. The average Bonchev–Trinajstić information content (AvgIpc) is 2.71. The smallest absolute Gasteiger partial charge is 0.251 e. The van der Waals surface area contributed by atoms with Crippen LogP contribution >= 0.6 is 0 Å². The Kier molecular flexibility index (Phi) is 3.65. The van der Waals surface area contributed by atoms with Gasteiger partial charge in [0.2, 0.25) is 0 Å². The molecule has 18 heavy (non-hydrogen) atoms. The van der Waals surface area contributed by atoms with Crippen LogP contribution in [0.2, 0.25) is 0 Å². The fourth-order valence-electron chi connectivity index (χ4n) is 2.09. The van der Waals surface area contributed by atoms with Gasteiger partial charge in [0.05, 0.1) is 17.4 Å². The zero-order valence-electron chi connectivity index (χ0n) is 11.1. The minimum atomic E-state index is -0.0245. The molecule has 1 heterocycles. The molecule has 0 radical (unpaired) electrons. The summed E-state index contributed by atoms with van der Waals surface area (Å²) in [6.07, 6.45) is 3.82. The van der Waals surface area contributed by atoms with E-state index < -0.39 is 0 Å². The highest BCUT2D eigenvalue weighted by atomic mass is 16.1. The van der Waals surface area contributed by atoms with Gasteiger partial charge in [-0.25, -0.2) is 4.98 Å². The lowest BCUT2D eigenvalue weighted by Gasteiger charge is -2.12. The SMILES string of the molecule is CCCC(C)NC(=O)c1ccc2c(c1)ncn2C. The van der Waals surface area contributed by atoms with E-state index in [9.17, 15) is 4.79 Å². The molecule has 0 saturated heterocycles. The number of hydrogen-bond acceptors (Lipinski definition) is 2. The number of nitrogens with zero attached hydrogens (tertiary/aromatic N) is 2. The molecule has 1 N–H and O–H groups in total.